The Balaban J connectivity index is 1.97. The Morgan fingerprint density at radius 1 is 1.32 bits per heavy atom. The molecule has 0 saturated carbocycles. The van der Waals surface area contributed by atoms with Crippen LogP contribution in [0.15, 0.2) is 24.3 Å². The predicted octanol–water partition coefficient (Wildman–Crippen LogP) is 2.41. The molecule has 2 atom stereocenters. The molecular formula is C16H26N2O. The summed E-state index contributed by atoms with van der Waals surface area (Å²) in [6.45, 7) is 11.4. The fourth-order valence-corrected chi connectivity index (χ4v) is 2.53. The number of morpholine rings is 1. The smallest absolute Gasteiger partial charge is 0.0674 e. The van der Waals surface area contributed by atoms with E-state index in [1.165, 1.54) is 11.1 Å². The number of nitrogens with one attached hydrogen (secondary N) is 1. The van der Waals surface area contributed by atoms with Gasteiger partial charge in [-0.25, -0.2) is 0 Å². The van der Waals surface area contributed by atoms with E-state index < -0.39 is 0 Å². The lowest BCUT2D eigenvalue weighted by Crippen LogP contribution is -2.46. The number of hydrogen-bond acceptors (Lipinski definition) is 3. The van der Waals surface area contributed by atoms with Gasteiger partial charge in [-0.05, 0) is 31.5 Å². The number of nitrogens with zero attached hydrogens (tertiary/aromatic N) is 1. The maximum atomic E-state index is 5.68. The topological polar surface area (TPSA) is 24.5 Å². The Hall–Kier alpha value is -0.900. The van der Waals surface area contributed by atoms with E-state index >= 15 is 0 Å². The molecule has 1 N–H and O–H groups in total. The van der Waals surface area contributed by atoms with Crippen LogP contribution in [0.1, 0.15) is 31.9 Å². The lowest BCUT2D eigenvalue weighted by molar-refractivity contribution is -0.0526. The van der Waals surface area contributed by atoms with E-state index in [1.807, 2.05) is 0 Å². The zero-order chi connectivity index (χ0) is 13.7. The maximum Gasteiger partial charge on any atom is 0.0674 e. The number of rotatable bonds is 5. The van der Waals surface area contributed by atoms with Gasteiger partial charge in [0, 0.05) is 25.7 Å². The maximum absolute atomic E-state index is 5.68. The highest BCUT2D eigenvalue weighted by molar-refractivity contribution is 5.23. The van der Waals surface area contributed by atoms with Crippen LogP contribution in [0, 0.1) is 0 Å². The first-order chi connectivity index (χ1) is 9.19. The van der Waals surface area contributed by atoms with Gasteiger partial charge in [-0.2, -0.15) is 0 Å². The van der Waals surface area contributed by atoms with Crippen molar-refractivity contribution in [2.24, 2.45) is 0 Å². The van der Waals surface area contributed by atoms with Crippen LogP contribution >= 0.6 is 0 Å². The van der Waals surface area contributed by atoms with Crippen LogP contribution in [0.4, 0.5) is 0 Å². The summed E-state index contributed by atoms with van der Waals surface area (Å²) in [5, 5.41) is 3.38. The molecular weight excluding hydrogens is 236 g/mol. The van der Waals surface area contributed by atoms with E-state index in [1.54, 1.807) is 0 Å². The molecule has 0 aromatic heterocycles. The first kappa shape index (κ1) is 14.5. The summed E-state index contributed by atoms with van der Waals surface area (Å²) in [6, 6.07) is 9.40. The first-order valence-electron chi connectivity index (χ1n) is 7.33. The highest BCUT2D eigenvalue weighted by Gasteiger charge is 2.23. The van der Waals surface area contributed by atoms with E-state index in [9.17, 15) is 0 Å². The second kappa shape index (κ2) is 7.04. The van der Waals surface area contributed by atoms with Crippen LogP contribution in [0.5, 0.6) is 0 Å². The van der Waals surface area contributed by atoms with Gasteiger partial charge in [-0.3, -0.25) is 4.90 Å². The van der Waals surface area contributed by atoms with Crippen molar-refractivity contribution in [2.75, 3.05) is 19.7 Å². The largest absolute Gasteiger partial charge is 0.376 e. The van der Waals surface area contributed by atoms with Crippen LogP contribution in [-0.2, 0) is 17.8 Å². The SMILES string of the molecule is CCNCc1cccc(CN2CC(C)OCC2C)c1. The van der Waals surface area contributed by atoms with Crippen molar-refractivity contribution in [1.82, 2.24) is 10.2 Å². The number of ether oxygens (including phenoxy) is 1. The summed E-state index contributed by atoms with van der Waals surface area (Å²) in [5.41, 5.74) is 2.77. The minimum absolute atomic E-state index is 0.348. The third-order valence-corrected chi connectivity index (χ3v) is 3.69. The first-order valence-corrected chi connectivity index (χ1v) is 7.33. The van der Waals surface area contributed by atoms with E-state index in [0.717, 1.165) is 32.8 Å². The molecule has 1 fully saturated rings. The molecule has 19 heavy (non-hydrogen) atoms. The molecule has 0 spiro atoms. The van der Waals surface area contributed by atoms with Crippen molar-refractivity contribution in [3.8, 4) is 0 Å². The molecule has 1 saturated heterocycles. The molecule has 1 aliphatic rings. The third-order valence-electron chi connectivity index (χ3n) is 3.69. The van der Waals surface area contributed by atoms with Crippen LogP contribution in [0.3, 0.4) is 0 Å². The van der Waals surface area contributed by atoms with E-state index in [-0.39, 0.29) is 0 Å². The van der Waals surface area contributed by atoms with Gasteiger partial charge in [0.05, 0.1) is 12.7 Å². The molecule has 0 radical (unpaired) electrons. The Morgan fingerprint density at radius 3 is 2.89 bits per heavy atom. The molecule has 0 bridgehead atoms. The van der Waals surface area contributed by atoms with E-state index in [0.29, 0.717) is 12.1 Å². The lowest BCUT2D eigenvalue weighted by Gasteiger charge is -2.36. The van der Waals surface area contributed by atoms with Crippen LogP contribution in [0.2, 0.25) is 0 Å². The Morgan fingerprint density at radius 2 is 2.11 bits per heavy atom. The van der Waals surface area contributed by atoms with Crippen LogP contribution < -0.4 is 5.32 Å². The van der Waals surface area contributed by atoms with Gasteiger partial charge in [0.15, 0.2) is 0 Å². The minimum atomic E-state index is 0.348. The van der Waals surface area contributed by atoms with Crippen molar-refractivity contribution in [3.05, 3.63) is 35.4 Å². The molecule has 3 nitrogen and oxygen atoms in total. The fourth-order valence-electron chi connectivity index (χ4n) is 2.53. The minimum Gasteiger partial charge on any atom is -0.376 e. The molecule has 2 unspecified atom stereocenters. The molecule has 1 aromatic carbocycles. The number of hydrogen-bond donors (Lipinski definition) is 1. The Labute approximate surface area is 116 Å². The monoisotopic (exact) mass is 262 g/mol. The van der Waals surface area contributed by atoms with Crippen molar-refractivity contribution in [1.29, 1.82) is 0 Å². The molecule has 0 aliphatic carbocycles. The lowest BCUT2D eigenvalue weighted by atomic mass is 10.1. The van der Waals surface area contributed by atoms with Crippen molar-refractivity contribution in [2.45, 2.75) is 46.0 Å². The zero-order valence-electron chi connectivity index (χ0n) is 12.4. The predicted molar refractivity (Wildman–Crippen MR) is 79.1 cm³/mol. The molecule has 3 heteroatoms. The summed E-state index contributed by atoms with van der Waals surface area (Å²) in [6.07, 6.45) is 0.348. The third kappa shape index (κ3) is 4.30. The van der Waals surface area contributed by atoms with Gasteiger partial charge >= 0.3 is 0 Å². The standard InChI is InChI=1S/C16H26N2O/c1-4-17-9-15-6-5-7-16(8-15)11-18-10-14(3)19-12-13(18)2/h5-8,13-14,17H,4,9-12H2,1-3H3. The second-order valence-electron chi connectivity index (χ2n) is 5.52. The van der Waals surface area contributed by atoms with Gasteiger partial charge in [-0.1, -0.05) is 31.2 Å². The molecule has 0 amide bonds. The Bertz CT molecular complexity index is 394. The fraction of sp³-hybridized carbons (Fsp3) is 0.625. The van der Waals surface area contributed by atoms with Crippen LogP contribution in [0.25, 0.3) is 0 Å². The van der Waals surface area contributed by atoms with Gasteiger partial charge < -0.3 is 10.1 Å². The highest BCUT2D eigenvalue weighted by atomic mass is 16.5. The van der Waals surface area contributed by atoms with Gasteiger partial charge in [0.2, 0.25) is 0 Å². The Kier molecular flexibility index (Phi) is 5.37. The molecule has 1 heterocycles. The number of benzene rings is 1. The van der Waals surface area contributed by atoms with Crippen molar-refractivity contribution < 1.29 is 4.74 Å². The van der Waals surface area contributed by atoms with Gasteiger partial charge in [-0.15, -0.1) is 0 Å². The second-order valence-corrected chi connectivity index (χ2v) is 5.52. The molecule has 2 rings (SSSR count). The molecule has 1 aromatic rings. The highest BCUT2D eigenvalue weighted by Crippen LogP contribution is 2.16. The summed E-state index contributed by atoms with van der Waals surface area (Å²) >= 11 is 0. The summed E-state index contributed by atoms with van der Waals surface area (Å²) < 4.78 is 5.68. The van der Waals surface area contributed by atoms with Gasteiger partial charge in [0.25, 0.3) is 0 Å². The molecule has 1 aliphatic heterocycles. The van der Waals surface area contributed by atoms with Crippen molar-refractivity contribution >= 4 is 0 Å². The average molecular weight is 262 g/mol. The summed E-state index contributed by atoms with van der Waals surface area (Å²) in [7, 11) is 0. The zero-order valence-corrected chi connectivity index (χ0v) is 12.4. The van der Waals surface area contributed by atoms with Crippen LogP contribution in [-0.4, -0.2) is 36.7 Å². The average Bonchev–Trinajstić information content (AvgIpc) is 2.41. The normalized spacial score (nSPS) is 24.6. The van der Waals surface area contributed by atoms with E-state index in [2.05, 4.69) is 55.3 Å². The van der Waals surface area contributed by atoms with E-state index in [4.69, 9.17) is 4.74 Å². The quantitative estimate of drug-likeness (QED) is 0.882. The molecule has 106 valence electrons. The van der Waals surface area contributed by atoms with Gasteiger partial charge in [0.1, 0.15) is 0 Å². The summed E-state index contributed by atoms with van der Waals surface area (Å²) in [4.78, 5) is 2.51. The van der Waals surface area contributed by atoms with Crippen molar-refractivity contribution in [3.63, 3.8) is 0 Å². The summed E-state index contributed by atoms with van der Waals surface area (Å²) in [5.74, 6) is 0.